The van der Waals surface area contributed by atoms with Crippen molar-refractivity contribution in [3.63, 3.8) is 0 Å². The lowest BCUT2D eigenvalue weighted by Crippen LogP contribution is -2.30. The molecule has 0 aliphatic carbocycles. The summed E-state index contributed by atoms with van der Waals surface area (Å²) in [6.45, 7) is 9.01. The normalized spacial score (nSPS) is 16.0. The fraction of sp³-hybridized carbons (Fsp3) is 0.562. The molecule has 0 bridgehead atoms. The lowest BCUT2D eigenvalue weighted by molar-refractivity contribution is 0.1000. The van der Waals surface area contributed by atoms with Gasteiger partial charge in [-0.1, -0.05) is 52.7 Å². The molecule has 0 spiro atoms. The molecule has 1 aromatic rings. The summed E-state index contributed by atoms with van der Waals surface area (Å²) in [4.78, 5) is 11.3. The van der Waals surface area contributed by atoms with Crippen LogP contribution in [-0.2, 0) is 5.41 Å². The maximum absolute atomic E-state index is 11.3. The van der Waals surface area contributed by atoms with Crippen molar-refractivity contribution in [1.29, 1.82) is 0 Å². The van der Waals surface area contributed by atoms with Crippen LogP contribution in [0.15, 0.2) is 24.3 Å². The van der Waals surface area contributed by atoms with E-state index in [4.69, 9.17) is 5.73 Å². The van der Waals surface area contributed by atoms with Crippen molar-refractivity contribution in [2.45, 2.75) is 52.4 Å². The van der Waals surface area contributed by atoms with E-state index in [9.17, 15) is 4.79 Å². The Morgan fingerprint density at radius 1 is 1.39 bits per heavy atom. The molecule has 0 saturated carbocycles. The molecule has 0 heterocycles. The van der Waals surface area contributed by atoms with Crippen LogP contribution in [0, 0.1) is 5.92 Å². The predicted molar refractivity (Wildman–Crippen MR) is 76.7 cm³/mol. The molecule has 0 saturated heterocycles. The van der Waals surface area contributed by atoms with E-state index in [1.165, 1.54) is 5.56 Å². The summed E-state index contributed by atoms with van der Waals surface area (Å²) in [6, 6.07) is 7.80. The molecule has 0 aromatic heterocycles. The second-order valence-electron chi connectivity index (χ2n) is 5.42. The molecular weight excluding hydrogens is 222 g/mol. The van der Waals surface area contributed by atoms with Crippen molar-refractivity contribution < 1.29 is 4.79 Å². The Hall–Kier alpha value is -1.31. The zero-order valence-electron chi connectivity index (χ0n) is 12.0. The maximum atomic E-state index is 11.3. The van der Waals surface area contributed by atoms with Crippen LogP contribution in [0.25, 0.3) is 0 Å². The summed E-state index contributed by atoms with van der Waals surface area (Å²) in [6.07, 6.45) is 3.41. The Labute approximate surface area is 111 Å². The first kappa shape index (κ1) is 14.7. The summed E-state index contributed by atoms with van der Waals surface area (Å²) < 4.78 is 0. The Bertz CT molecular complexity index is 413. The Balaban J connectivity index is 3.20. The highest BCUT2D eigenvalue weighted by molar-refractivity contribution is 5.92. The second-order valence-corrected chi connectivity index (χ2v) is 5.42. The van der Waals surface area contributed by atoms with E-state index in [1.54, 1.807) is 6.07 Å². The van der Waals surface area contributed by atoms with Crippen LogP contribution in [0.5, 0.6) is 0 Å². The molecule has 0 radical (unpaired) electrons. The first-order valence-corrected chi connectivity index (χ1v) is 6.86. The van der Waals surface area contributed by atoms with Gasteiger partial charge < -0.3 is 5.73 Å². The summed E-state index contributed by atoms with van der Waals surface area (Å²) in [5, 5.41) is 0. The van der Waals surface area contributed by atoms with Gasteiger partial charge in [-0.2, -0.15) is 0 Å². The van der Waals surface area contributed by atoms with Crippen LogP contribution in [0.4, 0.5) is 0 Å². The van der Waals surface area contributed by atoms with Crippen LogP contribution >= 0.6 is 0 Å². The van der Waals surface area contributed by atoms with Gasteiger partial charge in [0.15, 0.2) is 0 Å². The van der Waals surface area contributed by atoms with Gasteiger partial charge in [0.1, 0.15) is 0 Å². The van der Waals surface area contributed by atoms with Gasteiger partial charge >= 0.3 is 0 Å². The smallest absolute Gasteiger partial charge is 0.248 e. The minimum Gasteiger partial charge on any atom is -0.366 e. The first-order chi connectivity index (χ1) is 8.45. The van der Waals surface area contributed by atoms with E-state index >= 15 is 0 Å². The van der Waals surface area contributed by atoms with Crippen molar-refractivity contribution in [2.75, 3.05) is 0 Å². The average molecular weight is 247 g/mol. The van der Waals surface area contributed by atoms with E-state index in [0.717, 1.165) is 19.3 Å². The molecular formula is C16H25NO. The maximum Gasteiger partial charge on any atom is 0.248 e. The molecule has 1 rings (SSSR count). The number of primary amides is 1. The highest BCUT2D eigenvalue weighted by Gasteiger charge is 2.31. The Morgan fingerprint density at radius 2 is 2.06 bits per heavy atom. The zero-order chi connectivity index (χ0) is 13.8. The highest BCUT2D eigenvalue weighted by Crippen LogP contribution is 2.38. The quantitative estimate of drug-likeness (QED) is 0.814. The van der Waals surface area contributed by atoms with Gasteiger partial charge in [-0.25, -0.2) is 0 Å². The summed E-state index contributed by atoms with van der Waals surface area (Å²) in [5.41, 5.74) is 7.33. The zero-order valence-corrected chi connectivity index (χ0v) is 12.0. The fourth-order valence-corrected chi connectivity index (χ4v) is 2.67. The van der Waals surface area contributed by atoms with E-state index in [2.05, 4.69) is 33.8 Å². The van der Waals surface area contributed by atoms with Crippen molar-refractivity contribution in [1.82, 2.24) is 0 Å². The number of rotatable bonds is 6. The number of benzene rings is 1. The summed E-state index contributed by atoms with van der Waals surface area (Å²) in [7, 11) is 0. The van der Waals surface area contributed by atoms with Gasteiger partial charge in [0.05, 0.1) is 0 Å². The largest absolute Gasteiger partial charge is 0.366 e. The molecule has 100 valence electrons. The third-order valence-electron chi connectivity index (χ3n) is 4.28. The van der Waals surface area contributed by atoms with Crippen LogP contribution in [0.2, 0.25) is 0 Å². The molecule has 2 nitrogen and oxygen atoms in total. The monoisotopic (exact) mass is 247 g/mol. The molecule has 2 atom stereocenters. The van der Waals surface area contributed by atoms with Crippen molar-refractivity contribution >= 4 is 5.91 Å². The SMILES string of the molecule is CCC[C@@](C)(c1cccc(C(N)=O)c1)C(C)CC. The number of nitrogens with two attached hydrogens (primary N) is 1. The van der Waals surface area contributed by atoms with Crippen LogP contribution in [-0.4, -0.2) is 5.91 Å². The molecule has 0 fully saturated rings. The predicted octanol–water partition coefficient (Wildman–Crippen LogP) is 3.89. The van der Waals surface area contributed by atoms with E-state index < -0.39 is 0 Å². The Morgan fingerprint density at radius 3 is 2.56 bits per heavy atom. The van der Waals surface area contributed by atoms with Crippen molar-refractivity contribution in [3.05, 3.63) is 35.4 Å². The van der Waals surface area contributed by atoms with Crippen LogP contribution in [0.3, 0.4) is 0 Å². The van der Waals surface area contributed by atoms with Gasteiger partial charge in [0.25, 0.3) is 0 Å². The highest BCUT2D eigenvalue weighted by atomic mass is 16.1. The lowest BCUT2D eigenvalue weighted by Gasteiger charge is -2.36. The molecule has 1 amide bonds. The fourth-order valence-electron chi connectivity index (χ4n) is 2.67. The van der Waals surface area contributed by atoms with Crippen LogP contribution < -0.4 is 5.73 Å². The molecule has 0 aliphatic rings. The standard InChI is InChI=1S/C16H25NO/c1-5-10-16(4,12(3)6-2)14-9-7-8-13(11-14)15(17)18/h7-9,11-12H,5-6,10H2,1-4H3,(H2,17,18)/t12?,16-/m1/s1. The number of amides is 1. The minimum absolute atomic E-state index is 0.120. The first-order valence-electron chi connectivity index (χ1n) is 6.86. The number of hydrogen-bond acceptors (Lipinski definition) is 1. The lowest BCUT2D eigenvalue weighted by atomic mass is 9.68. The van der Waals surface area contributed by atoms with Crippen molar-refractivity contribution in [2.24, 2.45) is 11.7 Å². The molecule has 18 heavy (non-hydrogen) atoms. The molecule has 2 N–H and O–H groups in total. The van der Waals surface area contributed by atoms with Gasteiger partial charge in [-0.05, 0) is 35.4 Å². The number of carbonyl (C=O) groups is 1. The molecule has 2 heteroatoms. The summed E-state index contributed by atoms with van der Waals surface area (Å²) in [5.74, 6) is 0.237. The van der Waals surface area contributed by atoms with Gasteiger partial charge in [-0.15, -0.1) is 0 Å². The van der Waals surface area contributed by atoms with Gasteiger partial charge in [0, 0.05) is 5.56 Å². The Kier molecular flexibility index (Phi) is 4.94. The van der Waals surface area contributed by atoms with Crippen molar-refractivity contribution in [3.8, 4) is 0 Å². The minimum atomic E-state index is -0.347. The number of hydrogen-bond donors (Lipinski definition) is 1. The second kappa shape index (κ2) is 6.03. The van der Waals surface area contributed by atoms with E-state index in [0.29, 0.717) is 11.5 Å². The van der Waals surface area contributed by atoms with E-state index in [-0.39, 0.29) is 11.3 Å². The van der Waals surface area contributed by atoms with E-state index in [1.807, 2.05) is 12.1 Å². The number of carbonyl (C=O) groups excluding carboxylic acids is 1. The van der Waals surface area contributed by atoms with Crippen LogP contribution in [0.1, 0.15) is 62.9 Å². The topological polar surface area (TPSA) is 43.1 Å². The van der Waals surface area contributed by atoms with Gasteiger partial charge in [-0.3, -0.25) is 4.79 Å². The molecule has 0 aliphatic heterocycles. The third kappa shape index (κ3) is 2.92. The summed E-state index contributed by atoms with van der Waals surface area (Å²) >= 11 is 0. The molecule has 1 unspecified atom stereocenters. The third-order valence-corrected chi connectivity index (χ3v) is 4.28. The molecule has 1 aromatic carbocycles. The van der Waals surface area contributed by atoms with Gasteiger partial charge in [0.2, 0.25) is 5.91 Å². The average Bonchev–Trinajstić information content (AvgIpc) is 2.38.